The largest absolute Gasteiger partial charge is 0.640 e. The molecule has 0 aliphatic carbocycles. The smallest absolute Gasteiger partial charge is 0.394 e. The minimum absolute atomic E-state index is 0.144. The number of aryl methyl sites for hydroxylation is 1. The van der Waals surface area contributed by atoms with Crippen LogP contribution in [0.15, 0.2) is 24.3 Å². The van der Waals surface area contributed by atoms with Crippen molar-refractivity contribution in [1.82, 2.24) is 0 Å². The Morgan fingerprint density at radius 2 is 2.00 bits per heavy atom. The molecule has 21 heavy (non-hydrogen) atoms. The molecule has 0 aromatic heterocycles. The summed E-state index contributed by atoms with van der Waals surface area (Å²) in [5.74, 6) is 0. The van der Waals surface area contributed by atoms with Gasteiger partial charge >= 0.3 is 7.32 Å². The van der Waals surface area contributed by atoms with Crippen molar-refractivity contribution >= 4 is 7.32 Å². The molecule has 0 radical (unpaired) electrons. The van der Waals surface area contributed by atoms with Crippen LogP contribution in [0.5, 0.6) is 0 Å². The molecule has 2 aliphatic heterocycles. The van der Waals surface area contributed by atoms with Crippen LogP contribution in [0.2, 0.25) is 0 Å². The first-order valence-electron chi connectivity index (χ1n) is 6.99. The number of ether oxygens (including phenoxy) is 2. The van der Waals surface area contributed by atoms with E-state index in [2.05, 4.69) is 0 Å². The fourth-order valence-electron chi connectivity index (χ4n) is 2.63. The van der Waals surface area contributed by atoms with Gasteiger partial charge in [0, 0.05) is 7.11 Å². The number of hydrogen-bond acceptors (Lipinski definition) is 6. The van der Waals surface area contributed by atoms with E-state index in [1.807, 2.05) is 31.2 Å². The number of aliphatic hydroxyl groups is 1. The summed E-state index contributed by atoms with van der Waals surface area (Å²) in [4.78, 5) is 0. The van der Waals surface area contributed by atoms with Crippen LogP contribution in [0.25, 0.3) is 0 Å². The van der Waals surface area contributed by atoms with E-state index in [1.165, 1.54) is 7.11 Å². The molecular weight excluding hydrogens is 275 g/mol. The highest BCUT2D eigenvalue weighted by Gasteiger charge is 2.55. The van der Waals surface area contributed by atoms with Crippen LogP contribution in [-0.2, 0) is 30.0 Å². The average Bonchev–Trinajstić information content (AvgIpc) is 3.04. The number of aliphatic hydroxyl groups excluding tert-OH is 1. The normalized spacial score (nSPS) is 31.7. The van der Waals surface area contributed by atoms with Gasteiger partial charge in [-0.1, -0.05) is 24.3 Å². The van der Waals surface area contributed by atoms with Crippen molar-refractivity contribution in [2.75, 3.05) is 13.7 Å². The fourth-order valence-corrected chi connectivity index (χ4v) is 2.63. The van der Waals surface area contributed by atoms with Gasteiger partial charge in [-0.15, -0.1) is 0 Å². The second-order valence-electron chi connectivity index (χ2n) is 5.19. The van der Waals surface area contributed by atoms with Crippen LogP contribution in [0, 0.1) is 6.92 Å². The van der Waals surface area contributed by atoms with Crippen molar-refractivity contribution in [3.8, 4) is 0 Å². The summed E-state index contributed by atoms with van der Waals surface area (Å²) in [6.45, 7) is 2.29. The molecule has 2 fully saturated rings. The van der Waals surface area contributed by atoms with Crippen LogP contribution in [0.4, 0.5) is 0 Å². The third kappa shape index (κ3) is 2.99. The van der Waals surface area contributed by atoms with Gasteiger partial charge in [-0.2, -0.15) is 0 Å². The van der Waals surface area contributed by atoms with Gasteiger partial charge in [0.1, 0.15) is 18.3 Å². The monoisotopic (exact) mass is 294 g/mol. The maximum absolute atomic E-state index is 9.30. The van der Waals surface area contributed by atoms with Gasteiger partial charge in [-0.3, -0.25) is 0 Å². The van der Waals surface area contributed by atoms with E-state index in [0.29, 0.717) is 6.61 Å². The second kappa shape index (κ2) is 6.43. The summed E-state index contributed by atoms with van der Waals surface area (Å²) in [6, 6.07) is 7.98. The zero-order chi connectivity index (χ0) is 14.8. The number of fused-ring (bicyclic) bond motifs is 1. The van der Waals surface area contributed by atoms with E-state index in [9.17, 15) is 5.11 Å². The second-order valence-corrected chi connectivity index (χ2v) is 5.19. The number of rotatable bonds is 5. The van der Waals surface area contributed by atoms with E-state index < -0.39 is 19.7 Å². The van der Waals surface area contributed by atoms with Gasteiger partial charge in [0.15, 0.2) is 6.29 Å². The highest BCUT2D eigenvalue weighted by Crippen LogP contribution is 2.33. The van der Waals surface area contributed by atoms with Crippen LogP contribution in [0.1, 0.15) is 11.1 Å². The minimum atomic E-state index is -0.768. The lowest BCUT2D eigenvalue weighted by Crippen LogP contribution is -2.31. The van der Waals surface area contributed by atoms with E-state index in [0.717, 1.165) is 11.1 Å². The van der Waals surface area contributed by atoms with Gasteiger partial charge in [0.2, 0.25) is 0 Å². The summed E-state index contributed by atoms with van der Waals surface area (Å²) in [5, 5.41) is 9.30. The molecule has 1 aromatic carbocycles. The highest BCUT2D eigenvalue weighted by molar-refractivity contribution is 6.37. The molecule has 4 atom stereocenters. The topological polar surface area (TPSA) is 66.4 Å². The molecule has 0 spiro atoms. The fraction of sp³-hybridized carbons (Fsp3) is 0.571. The molecule has 1 N–H and O–H groups in total. The molecule has 7 heteroatoms. The van der Waals surface area contributed by atoms with Crippen molar-refractivity contribution < 1.29 is 28.5 Å². The van der Waals surface area contributed by atoms with E-state index in [4.69, 9.17) is 23.4 Å². The summed E-state index contributed by atoms with van der Waals surface area (Å²) >= 11 is 0. The first-order chi connectivity index (χ1) is 10.2. The summed E-state index contributed by atoms with van der Waals surface area (Å²) < 4.78 is 27.7. The zero-order valence-electron chi connectivity index (χ0n) is 12.1. The Labute approximate surface area is 124 Å². The Morgan fingerprint density at radius 3 is 2.71 bits per heavy atom. The van der Waals surface area contributed by atoms with Crippen molar-refractivity contribution in [3.05, 3.63) is 35.4 Å². The quantitative estimate of drug-likeness (QED) is 0.804. The summed E-state index contributed by atoms with van der Waals surface area (Å²) in [6.07, 6.45) is -1.75. The maximum atomic E-state index is 9.30. The molecule has 3 rings (SSSR count). The third-order valence-corrected chi connectivity index (χ3v) is 3.85. The number of hydrogen-bond donors (Lipinski definition) is 1. The van der Waals surface area contributed by atoms with E-state index in [-0.39, 0.29) is 18.8 Å². The standard InChI is InChI=1S/C14H19BO6/c1-9-5-3-4-6-10(9)8-18-15-20-12-11(7-16)19-14(17-2)13(12)21-15/h3-6,11-14,16H,7-8H2,1-2H3/t11-,12?,13+,14-/m1/s1. The number of benzene rings is 1. The SMILES string of the molecule is CO[C@@H]1O[C@H](CO)C2OB(OCc3ccccc3C)O[C@@H]21. The Morgan fingerprint density at radius 1 is 1.24 bits per heavy atom. The molecule has 2 saturated heterocycles. The lowest BCUT2D eigenvalue weighted by molar-refractivity contribution is -0.155. The van der Waals surface area contributed by atoms with Gasteiger partial charge in [0.05, 0.1) is 13.2 Å². The molecule has 2 heterocycles. The van der Waals surface area contributed by atoms with Crippen LogP contribution in [-0.4, -0.2) is 50.7 Å². The molecule has 2 aliphatic rings. The van der Waals surface area contributed by atoms with Gasteiger partial charge in [0.25, 0.3) is 0 Å². The van der Waals surface area contributed by atoms with Gasteiger partial charge < -0.3 is 28.5 Å². The summed E-state index contributed by atoms with van der Waals surface area (Å²) in [5.41, 5.74) is 2.24. The molecule has 1 unspecified atom stereocenters. The molecule has 0 amide bonds. The number of methoxy groups -OCH3 is 1. The lowest BCUT2D eigenvalue weighted by atomic mass is 10.1. The molecule has 6 nitrogen and oxygen atoms in total. The van der Waals surface area contributed by atoms with Crippen molar-refractivity contribution in [3.63, 3.8) is 0 Å². The Bertz CT molecular complexity index is 466. The van der Waals surface area contributed by atoms with Gasteiger partial charge in [-0.25, -0.2) is 0 Å². The van der Waals surface area contributed by atoms with Crippen LogP contribution in [0.3, 0.4) is 0 Å². The Kier molecular flexibility index (Phi) is 4.58. The van der Waals surface area contributed by atoms with Crippen molar-refractivity contribution in [2.45, 2.75) is 38.1 Å². The Hall–Kier alpha value is -0.955. The third-order valence-electron chi connectivity index (χ3n) is 3.85. The summed E-state index contributed by atoms with van der Waals surface area (Å²) in [7, 11) is 0.766. The predicted molar refractivity (Wildman–Crippen MR) is 74.2 cm³/mol. The van der Waals surface area contributed by atoms with Crippen molar-refractivity contribution in [2.24, 2.45) is 0 Å². The van der Waals surface area contributed by atoms with Crippen molar-refractivity contribution in [1.29, 1.82) is 0 Å². The van der Waals surface area contributed by atoms with E-state index in [1.54, 1.807) is 0 Å². The first kappa shape index (κ1) is 15.0. The maximum Gasteiger partial charge on any atom is 0.640 e. The van der Waals surface area contributed by atoms with E-state index >= 15 is 0 Å². The molecule has 0 bridgehead atoms. The minimum Gasteiger partial charge on any atom is -0.394 e. The molecule has 0 saturated carbocycles. The van der Waals surface area contributed by atoms with Crippen LogP contribution >= 0.6 is 0 Å². The molecular formula is C14H19BO6. The first-order valence-corrected chi connectivity index (χ1v) is 6.99. The molecule has 114 valence electrons. The predicted octanol–water partition coefficient (Wildman–Crippen LogP) is 0.644. The molecule has 1 aromatic rings. The van der Waals surface area contributed by atoms with Crippen LogP contribution < -0.4 is 0 Å². The van der Waals surface area contributed by atoms with Gasteiger partial charge in [-0.05, 0) is 18.1 Å². The highest BCUT2D eigenvalue weighted by atomic mass is 16.8. The average molecular weight is 294 g/mol. The zero-order valence-corrected chi connectivity index (χ0v) is 12.1. The Balaban J connectivity index is 1.59. The lowest BCUT2D eigenvalue weighted by Gasteiger charge is -2.16.